The molecule has 0 bridgehead atoms. The maximum Gasteiger partial charge on any atom is 0.335 e. The molecule has 0 amide bonds. The third kappa shape index (κ3) is 1.86. The highest BCUT2D eigenvalue weighted by atomic mass is 16.5. The van der Waals surface area contributed by atoms with Crippen LogP contribution in [0.25, 0.3) is 11.0 Å². The number of ether oxygens (including phenoxy) is 1. The third-order valence-corrected chi connectivity index (χ3v) is 3.41. The van der Waals surface area contributed by atoms with E-state index in [-0.39, 0.29) is 5.56 Å². The standard InChI is InChI=1S/C13H14N2O3/c16-13(17)9-1-2-12-11(7-9)14-8-15(12)10-3-5-18-6-4-10/h1-2,7-8,10H,3-6H2,(H,16,17). The fourth-order valence-electron chi connectivity index (χ4n) is 2.42. The summed E-state index contributed by atoms with van der Waals surface area (Å²) in [6.07, 6.45) is 3.75. The van der Waals surface area contributed by atoms with Gasteiger partial charge in [0.15, 0.2) is 0 Å². The fourth-order valence-corrected chi connectivity index (χ4v) is 2.42. The predicted octanol–water partition coefficient (Wildman–Crippen LogP) is 2.09. The Morgan fingerprint density at radius 1 is 1.39 bits per heavy atom. The van der Waals surface area contributed by atoms with Gasteiger partial charge in [0.05, 0.1) is 22.9 Å². The Balaban J connectivity index is 2.01. The SMILES string of the molecule is O=C(O)c1ccc2c(c1)ncn2C1CCOCC1. The van der Waals surface area contributed by atoms with E-state index in [0.717, 1.165) is 37.1 Å². The van der Waals surface area contributed by atoms with Gasteiger partial charge in [0.1, 0.15) is 0 Å². The number of hydrogen-bond donors (Lipinski definition) is 1. The van der Waals surface area contributed by atoms with Crippen molar-refractivity contribution in [1.82, 2.24) is 9.55 Å². The molecule has 1 N–H and O–H groups in total. The third-order valence-electron chi connectivity index (χ3n) is 3.41. The van der Waals surface area contributed by atoms with E-state index < -0.39 is 5.97 Å². The Bertz CT molecular complexity index is 585. The molecule has 1 aromatic carbocycles. The number of carboxylic acids is 1. The first-order valence-electron chi connectivity index (χ1n) is 6.03. The van der Waals surface area contributed by atoms with Gasteiger partial charge >= 0.3 is 5.97 Å². The van der Waals surface area contributed by atoms with E-state index >= 15 is 0 Å². The molecule has 94 valence electrons. The molecular formula is C13H14N2O3. The number of rotatable bonds is 2. The minimum absolute atomic E-state index is 0.278. The second-order valence-corrected chi connectivity index (χ2v) is 4.50. The molecule has 2 aromatic rings. The minimum atomic E-state index is -0.919. The van der Waals surface area contributed by atoms with Crippen LogP contribution in [0.5, 0.6) is 0 Å². The summed E-state index contributed by atoms with van der Waals surface area (Å²) in [7, 11) is 0. The molecule has 0 aliphatic carbocycles. The summed E-state index contributed by atoms with van der Waals surface area (Å²) < 4.78 is 7.48. The molecule has 5 heteroatoms. The lowest BCUT2D eigenvalue weighted by atomic mass is 10.1. The van der Waals surface area contributed by atoms with Crippen LogP contribution in [0.3, 0.4) is 0 Å². The van der Waals surface area contributed by atoms with E-state index in [1.54, 1.807) is 18.5 Å². The van der Waals surface area contributed by atoms with Gasteiger partial charge in [-0.2, -0.15) is 0 Å². The largest absolute Gasteiger partial charge is 0.478 e. The smallest absolute Gasteiger partial charge is 0.335 e. The molecule has 0 spiro atoms. The fraction of sp³-hybridized carbons (Fsp3) is 0.385. The molecule has 1 aromatic heterocycles. The number of imidazole rings is 1. The number of carboxylic acid groups (broad SMARTS) is 1. The molecule has 0 radical (unpaired) electrons. The van der Waals surface area contributed by atoms with Crippen molar-refractivity contribution in [3.63, 3.8) is 0 Å². The van der Waals surface area contributed by atoms with Gasteiger partial charge in [-0.1, -0.05) is 0 Å². The van der Waals surface area contributed by atoms with Crippen molar-refractivity contribution in [1.29, 1.82) is 0 Å². The molecule has 5 nitrogen and oxygen atoms in total. The summed E-state index contributed by atoms with van der Waals surface area (Å²) in [5, 5.41) is 8.95. The van der Waals surface area contributed by atoms with Gasteiger partial charge in [0.2, 0.25) is 0 Å². The van der Waals surface area contributed by atoms with Gasteiger partial charge in [0.25, 0.3) is 0 Å². The van der Waals surface area contributed by atoms with Gasteiger partial charge in [-0.25, -0.2) is 9.78 Å². The lowest BCUT2D eigenvalue weighted by Crippen LogP contribution is -2.18. The predicted molar refractivity (Wildman–Crippen MR) is 65.8 cm³/mol. The van der Waals surface area contributed by atoms with Gasteiger partial charge in [-0.05, 0) is 31.0 Å². The molecule has 3 rings (SSSR count). The van der Waals surface area contributed by atoms with Crippen LogP contribution in [0.4, 0.5) is 0 Å². The van der Waals surface area contributed by atoms with Crippen molar-refractivity contribution in [3.8, 4) is 0 Å². The topological polar surface area (TPSA) is 64.3 Å². The summed E-state index contributed by atoms with van der Waals surface area (Å²) in [5.41, 5.74) is 2.01. The normalized spacial score (nSPS) is 17.1. The second kappa shape index (κ2) is 4.42. The first-order valence-corrected chi connectivity index (χ1v) is 6.03. The summed E-state index contributed by atoms with van der Waals surface area (Å²) in [6, 6.07) is 5.48. The van der Waals surface area contributed by atoms with Crippen LogP contribution >= 0.6 is 0 Å². The van der Waals surface area contributed by atoms with Crippen molar-refractivity contribution in [2.24, 2.45) is 0 Å². The average molecular weight is 246 g/mol. The van der Waals surface area contributed by atoms with E-state index in [9.17, 15) is 4.79 Å². The maximum atomic E-state index is 10.9. The number of nitrogens with zero attached hydrogens (tertiary/aromatic N) is 2. The highest BCUT2D eigenvalue weighted by Gasteiger charge is 2.18. The molecule has 1 fully saturated rings. The Morgan fingerprint density at radius 2 is 2.17 bits per heavy atom. The van der Waals surface area contributed by atoms with Crippen molar-refractivity contribution in [2.75, 3.05) is 13.2 Å². The summed E-state index contributed by atoms with van der Waals surface area (Å²) >= 11 is 0. The molecule has 0 saturated carbocycles. The molecule has 1 saturated heterocycles. The molecule has 1 aliphatic rings. The van der Waals surface area contributed by atoms with Crippen LogP contribution in [-0.2, 0) is 4.74 Å². The molecule has 18 heavy (non-hydrogen) atoms. The zero-order valence-corrected chi connectivity index (χ0v) is 9.87. The number of aromatic nitrogens is 2. The summed E-state index contributed by atoms with van der Waals surface area (Å²) in [4.78, 5) is 15.2. The summed E-state index contributed by atoms with van der Waals surface area (Å²) in [5.74, 6) is -0.919. The van der Waals surface area contributed by atoms with Crippen LogP contribution in [0.2, 0.25) is 0 Å². The Hall–Kier alpha value is -1.88. The van der Waals surface area contributed by atoms with E-state index in [0.29, 0.717) is 6.04 Å². The van der Waals surface area contributed by atoms with Crippen LogP contribution in [0.15, 0.2) is 24.5 Å². The van der Waals surface area contributed by atoms with Gasteiger partial charge < -0.3 is 14.4 Å². The molecule has 2 heterocycles. The maximum absolute atomic E-state index is 10.9. The van der Waals surface area contributed by atoms with Crippen LogP contribution in [0, 0.1) is 0 Å². The summed E-state index contributed by atoms with van der Waals surface area (Å²) in [6.45, 7) is 1.55. The Morgan fingerprint density at radius 3 is 2.89 bits per heavy atom. The van der Waals surface area contributed by atoms with Crippen molar-refractivity contribution in [2.45, 2.75) is 18.9 Å². The van der Waals surface area contributed by atoms with Gasteiger partial charge in [0, 0.05) is 19.3 Å². The molecular weight excluding hydrogens is 232 g/mol. The van der Waals surface area contributed by atoms with E-state index in [1.807, 2.05) is 6.07 Å². The van der Waals surface area contributed by atoms with Crippen LogP contribution in [-0.4, -0.2) is 33.8 Å². The van der Waals surface area contributed by atoms with Crippen LogP contribution in [0.1, 0.15) is 29.2 Å². The molecule has 1 aliphatic heterocycles. The monoisotopic (exact) mass is 246 g/mol. The van der Waals surface area contributed by atoms with Crippen molar-refractivity contribution >= 4 is 17.0 Å². The lowest BCUT2D eigenvalue weighted by molar-refractivity contribution is 0.0696. The lowest BCUT2D eigenvalue weighted by Gasteiger charge is -2.23. The van der Waals surface area contributed by atoms with Crippen molar-refractivity contribution in [3.05, 3.63) is 30.1 Å². The number of aromatic carboxylic acids is 1. The van der Waals surface area contributed by atoms with Crippen molar-refractivity contribution < 1.29 is 14.6 Å². The molecule has 0 unspecified atom stereocenters. The highest BCUT2D eigenvalue weighted by molar-refractivity contribution is 5.92. The van der Waals surface area contributed by atoms with E-state index in [2.05, 4.69) is 9.55 Å². The molecule has 0 atom stereocenters. The first-order chi connectivity index (χ1) is 8.75. The number of carbonyl (C=O) groups is 1. The number of fused-ring (bicyclic) bond motifs is 1. The van der Waals surface area contributed by atoms with Gasteiger partial charge in [-0.15, -0.1) is 0 Å². The number of benzene rings is 1. The number of hydrogen-bond acceptors (Lipinski definition) is 3. The second-order valence-electron chi connectivity index (χ2n) is 4.50. The van der Waals surface area contributed by atoms with E-state index in [4.69, 9.17) is 9.84 Å². The minimum Gasteiger partial charge on any atom is -0.478 e. The van der Waals surface area contributed by atoms with E-state index in [1.165, 1.54) is 0 Å². The zero-order valence-electron chi connectivity index (χ0n) is 9.87. The quantitative estimate of drug-likeness (QED) is 0.881. The zero-order chi connectivity index (χ0) is 12.5. The highest BCUT2D eigenvalue weighted by Crippen LogP contribution is 2.25. The Labute approximate surface area is 104 Å². The first kappa shape index (κ1) is 11.2. The Kier molecular flexibility index (Phi) is 2.76. The van der Waals surface area contributed by atoms with Crippen LogP contribution < -0.4 is 0 Å². The van der Waals surface area contributed by atoms with Gasteiger partial charge in [-0.3, -0.25) is 0 Å². The average Bonchev–Trinajstić information content (AvgIpc) is 2.82.